The van der Waals surface area contributed by atoms with Crippen LogP contribution in [0.2, 0.25) is 0 Å². The van der Waals surface area contributed by atoms with Crippen LogP contribution >= 0.6 is 0 Å². The van der Waals surface area contributed by atoms with Gasteiger partial charge in [-0.1, -0.05) is 71.8 Å². The topological polar surface area (TPSA) is 37.3 Å². The number of aromatic hydroxyl groups is 1. The second kappa shape index (κ2) is 8.01. The first-order chi connectivity index (χ1) is 12.5. The van der Waals surface area contributed by atoms with Crippen molar-refractivity contribution in [2.75, 3.05) is 0 Å². The molecule has 0 aliphatic heterocycles. The lowest BCUT2D eigenvalue weighted by Gasteiger charge is -2.17. The van der Waals surface area contributed by atoms with Gasteiger partial charge in [-0.05, 0) is 49.9 Å². The Bertz CT molecular complexity index is 829. The molecular weight excluding hydrogens is 320 g/mol. The van der Waals surface area contributed by atoms with Gasteiger partial charge < -0.3 is 5.11 Å². The third-order valence-electron chi connectivity index (χ3n) is 4.75. The van der Waals surface area contributed by atoms with Crippen molar-refractivity contribution in [2.24, 2.45) is 5.92 Å². The van der Waals surface area contributed by atoms with Crippen LogP contribution in [0.25, 0.3) is 0 Å². The van der Waals surface area contributed by atoms with E-state index in [1.165, 1.54) is 11.1 Å². The third-order valence-corrected chi connectivity index (χ3v) is 4.75. The number of ketones is 1. The Morgan fingerprint density at radius 2 is 1.23 bits per heavy atom. The minimum Gasteiger partial charge on any atom is -0.507 e. The van der Waals surface area contributed by atoms with Crippen molar-refractivity contribution in [1.29, 1.82) is 0 Å². The first kappa shape index (κ1) is 17.9. The number of carbonyl (C=O) groups is 1. The molecule has 3 aromatic rings. The molecule has 0 aliphatic rings. The van der Waals surface area contributed by atoms with E-state index in [0.717, 1.165) is 11.1 Å². The standard InChI is InChI=1S/C24H24O2/c1-17-7-11-19(12-8-17)15-21(16-20-13-9-18(2)10-14-20)24(26)22-5-3-4-6-23(22)25/h3-14,21,25H,15-16H2,1-2H3. The van der Waals surface area contributed by atoms with Crippen LogP contribution in [0.15, 0.2) is 72.8 Å². The predicted molar refractivity (Wildman–Crippen MR) is 106 cm³/mol. The molecule has 0 bridgehead atoms. The highest BCUT2D eigenvalue weighted by atomic mass is 16.3. The number of para-hydroxylation sites is 1. The molecule has 0 saturated carbocycles. The Labute approximate surface area is 155 Å². The smallest absolute Gasteiger partial charge is 0.170 e. The van der Waals surface area contributed by atoms with Crippen LogP contribution in [0, 0.1) is 19.8 Å². The van der Waals surface area contributed by atoms with E-state index in [-0.39, 0.29) is 17.5 Å². The number of benzene rings is 3. The summed E-state index contributed by atoms with van der Waals surface area (Å²) in [4.78, 5) is 13.1. The van der Waals surface area contributed by atoms with Crippen molar-refractivity contribution in [1.82, 2.24) is 0 Å². The number of phenols is 1. The van der Waals surface area contributed by atoms with Gasteiger partial charge in [0.2, 0.25) is 0 Å². The van der Waals surface area contributed by atoms with E-state index in [0.29, 0.717) is 18.4 Å². The van der Waals surface area contributed by atoms with Gasteiger partial charge in [-0.3, -0.25) is 4.79 Å². The molecule has 0 unspecified atom stereocenters. The molecule has 0 radical (unpaired) electrons. The minimum absolute atomic E-state index is 0.00995. The van der Waals surface area contributed by atoms with Crippen molar-refractivity contribution in [3.05, 3.63) is 101 Å². The maximum Gasteiger partial charge on any atom is 0.170 e. The zero-order valence-electron chi connectivity index (χ0n) is 15.3. The first-order valence-corrected chi connectivity index (χ1v) is 8.96. The minimum atomic E-state index is -0.214. The van der Waals surface area contributed by atoms with Crippen LogP contribution in [0.5, 0.6) is 5.75 Å². The van der Waals surface area contributed by atoms with Crippen molar-refractivity contribution >= 4 is 5.78 Å². The van der Waals surface area contributed by atoms with E-state index in [1.807, 2.05) is 0 Å². The molecule has 2 nitrogen and oxygen atoms in total. The zero-order chi connectivity index (χ0) is 18.5. The second-order valence-electron chi connectivity index (χ2n) is 6.96. The molecule has 0 fully saturated rings. The fourth-order valence-corrected chi connectivity index (χ4v) is 3.18. The van der Waals surface area contributed by atoms with Crippen LogP contribution in [-0.4, -0.2) is 10.9 Å². The largest absolute Gasteiger partial charge is 0.507 e. The van der Waals surface area contributed by atoms with Crippen molar-refractivity contribution in [3.63, 3.8) is 0 Å². The first-order valence-electron chi connectivity index (χ1n) is 8.96. The van der Waals surface area contributed by atoms with Gasteiger partial charge in [0, 0.05) is 5.92 Å². The monoisotopic (exact) mass is 344 g/mol. The number of aryl methyl sites for hydroxylation is 2. The number of rotatable bonds is 6. The van der Waals surface area contributed by atoms with Gasteiger partial charge in [-0.25, -0.2) is 0 Å². The molecule has 0 amide bonds. The highest BCUT2D eigenvalue weighted by Gasteiger charge is 2.23. The molecule has 0 saturated heterocycles. The van der Waals surface area contributed by atoms with Gasteiger partial charge in [-0.2, -0.15) is 0 Å². The summed E-state index contributed by atoms with van der Waals surface area (Å²) >= 11 is 0. The van der Waals surface area contributed by atoms with Gasteiger partial charge in [0.25, 0.3) is 0 Å². The average molecular weight is 344 g/mol. The molecule has 132 valence electrons. The lowest BCUT2D eigenvalue weighted by Crippen LogP contribution is -2.20. The van der Waals surface area contributed by atoms with E-state index >= 15 is 0 Å². The van der Waals surface area contributed by atoms with Crippen LogP contribution in [0.1, 0.15) is 32.6 Å². The van der Waals surface area contributed by atoms with Gasteiger partial charge in [0.15, 0.2) is 5.78 Å². The maximum absolute atomic E-state index is 13.1. The highest BCUT2D eigenvalue weighted by molar-refractivity contribution is 6.00. The molecule has 3 rings (SSSR count). The van der Waals surface area contributed by atoms with E-state index in [9.17, 15) is 9.90 Å². The lowest BCUT2D eigenvalue weighted by molar-refractivity contribution is 0.0915. The summed E-state index contributed by atoms with van der Waals surface area (Å²) in [6, 6.07) is 23.4. The number of phenolic OH excluding ortho intramolecular Hbond substituents is 1. The molecule has 0 atom stereocenters. The van der Waals surface area contributed by atoms with Crippen LogP contribution in [0.4, 0.5) is 0 Å². The Balaban J connectivity index is 1.89. The van der Waals surface area contributed by atoms with Gasteiger partial charge >= 0.3 is 0 Å². The van der Waals surface area contributed by atoms with Crippen LogP contribution in [-0.2, 0) is 12.8 Å². The summed E-state index contributed by atoms with van der Waals surface area (Å²) in [5.74, 6) is -0.173. The summed E-state index contributed by atoms with van der Waals surface area (Å²) in [6.45, 7) is 4.11. The number of hydrogen-bond donors (Lipinski definition) is 1. The van der Waals surface area contributed by atoms with E-state index in [2.05, 4.69) is 62.4 Å². The highest BCUT2D eigenvalue weighted by Crippen LogP contribution is 2.25. The SMILES string of the molecule is Cc1ccc(CC(Cc2ccc(C)cc2)C(=O)c2ccccc2O)cc1. The van der Waals surface area contributed by atoms with E-state index in [1.54, 1.807) is 24.3 Å². The summed E-state index contributed by atoms with van der Waals surface area (Å²) < 4.78 is 0. The van der Waals surface area contributed by atoms with Crippen LogP contribution in [0.3, 0.4) is 0 Å². The molecule has 0 aliphatic carbocycles. The quantitative estimate of drug-likeness (QED) is 0.617. The summed E-state index contributed by atoms with van der Waals surface area (Å²) in [7, 11) is 0. The maximum atomic E-state index is 13.1. The summed E-state index contributed by atoms with van der Waals surface area (Å²) in [5, 5.41) is 10.1. The van der Waals surface area contributed by atoms with Crippen molar-refractivity contribution < 1.29 is 9.90 Å². The molecule has 2 heteroatoms. The fraction of sp³-hybridized carbons (Fsp3) is 0.208. The molecule has 1 N–H and O–H groups in total. The van der Waals surface area contributed by atoms with Gasteiger partial charge in [0.05, 0.1) is 5.56 Å². The summed E-state index contributed by atoms with van der Waals surface area (Å²) in [6.07, 6.45) is 1.31. The normalized spacial score (nSPS) is 10.9. The Morgan fingerprint density at radius 1 is 0.769 bits per heavy atom. The molecule has 0 heterocycles. The van der Waals surface area contributed by atoms with Crippen LogP contribution < -0.4 is 0 Å². The number of hydrogen-bond acceptors (Lipinski definition) is 2. The van der Waals surface area contributed by atoms with Crippen molar-refractivity contribution in [3.8, 4) is 5.75 Å². The Kier molecular flexibility index (Phi) is 5.52. The third kappa shape index (κ3) is 4.40. The van der Waals surface area contributed by atoms with E-state index in [4.69, 9.17) is 0 Å². The average Bonchev–Trinajstić information content (AvgIpc) is 2.64. The molecular formula is C24H24O2. The zero-order valence-corrected chi connectivity index (χ0v) is 15.3. The lowest BCUT2D eigenvalue weighted by atomic mass is 9.85. The van der Waals surface area contributed by atoms with E-state index < -0.39 is 0 Å². The molecule has 3 aromatic carbocycles. The van der Waals surface area contributed by atoms with Gasteiger partial charge in [-0.15, -0.1) is 0 Å². The molecule has 26 heavy (non-hydrogen) atoms. The Hall–Kier alpha value is -2.87. The van der Waals surface area contributed by atoms with Crippen molar-refractivity contribution in [2.45, 2.75) is 26.7 Å². The predicted octanol–water partition coefficient (Wildman–Crippen LogP) is 5.29. The molecule has 0 spiro atoms. The number of Topliss-reactive ketones (excluding diaryl/α,β-unsaturated/α-hetero) is 1. The fourth-order valence-electron chi connectivity index (χ4n) is 3.18. The summed E-state index contributed by atoms with van der Waals surface area (Å²) in [5.41, 5.74) is 5.08. The Morgan fingerprint density at radius 3 is 1.69 bits per heavy atom. The second-order valence-corrected chi connectivity index (χ2v) is 6.96. The van der Waals surface area contributed by atoms with Gasteiger partial charge in [0.1, 0.15) is 5.75 Å². The molecule has 0 aromatic heterocycles. The number of carbonyl (C=O) groups excluding carboxylic acids is 1.